The molecule has 1 atom stereocenters. The maximum atomic E-state index is 4.36. The zero-order chi connectivity index (χ0) is 11.4. The Bertz CT molecular complexity index is 332. The molecule has 2 rings (SSSR count). The van der Waals surface area contributed by atoms with Crippen molar-refractivity contribution in [2.75, 3.05) is 25.0 Å². The molecule has 2 heterocycles. The number of likely N-dealkylation sites (tertiary alicyclic amines) is 1. The fraction of sp³-hybridized carbons (Fsp3) is 0.615. The highest BCUT2D eigenvalue weighted by Gasteiger charge is 2.14. The van der Waals surface area contributed by atoms with Gasteiger partial charge in [-0.25, -0.2) is 4.98 Å². The van der Waals surface area contributed by atoms with Crippen LogP contribution in [0.25, 0.3) is 0 Å². The molecule has 1 aliphatic heterocycles. The number of pyridine rings is 1. The van der Waals surface area contributed by atoms with Gasteiger partial charge in [0.1, 0.15) is 5.82 Å². The average molecular weight is 219 g/mol. The van der Waals surface area contributed by atoms with Crippen LogP contribution in [0.4, 0.5) is 5.82 Å². The molecule has 0 spiro atoms. The molecule has 0 aromatic carbocycles. The zero-order valence-corrected chi connectivity index (χ0v) is 10.2. The molecule has 3 heteroatoms. The lowest BCUT2D eigenvalue weighted by atomic mass is 10.2. The third-order valence-electron chi connectivity index (χ3n) is 3.12. The first-order valence-electron chi connectivity index (χ1n) is 6.16. The molecule has 1 aromatic rings. The summed E-state index contributed by atoms with van der Waals surface area (Å²) < 4.78 is 0. The molecule has 0 aliphatic carbocycles. The van der Waals surface area contributed by atoms with Crippen LogP contribution >= 0.6 is 0 Å². The summed E-state index contributed by atoms with van der Waals surface area (Å²) >= 11 is 0. The van der Waals surface area contributed by atoms with Crippen molar-refractivity contribution in [3.8, 4) is 0 Å². The smallest absolute Gasteiger partial charge is 0.129 e. The zero-order valence-electron chi connectivity index (χ0n) is 10.2. The lowest BCUT2D eigenvalue weighted by Gasteiger charge is -2.22. The Morgan fingerprint density at radius 3 is 2.88 bits per heavy atom. The summed E-state index contributed by atoms with van der Waals surface area (Å²) in [5.41, 5.74) is 1.22. The second-order valence-electron chi connectivity index (χ2n) is 4.72. The van der Waals surface area contributed by atoms with Crippen LogP contribution < -0.4 is 5.32 Å². The molecule has 1 aliphatic rings. The quantitative estimate of drug-likeness (QED) is 0.842. The predicted molar refractivity (Wildman–Crippen MR) is 67.7 cm³/mol. The molecule has 88 valence electrons. The van der Waals surface area contributed by atoms with Crippen LogP contribution in [0.3, 0.4) is 0 Å². The number of anilines is 1. The molecule has 0 bridgehead atoms. The summed E-state index contributed by atoms with van der Waals surface area (Å²) in [5, 5.41) is 3.48. The standard InChI is InChI=1S/C13H21N3/c1-11-6-5-7-14-13(11)15-12(2)10-16-8-3-4-9-16/h5-7,12H,3-4,8-10H2,1-2H3,(H,14,15). The molecular weight excluding hydrogens is 198 g/mol. The van der Waals surface area contributed by atoms with Crippen molar-refractivity contribution in [1.82, 2.24) is 9.88 Å². The Morgan fingerprint density at radius 1 is 1.44 bits per heavy atom. The monoisotopic (exact) mass is 219 g/mol. The van der Waals surface area contributed by atoms with Gasteiger partial charge in [-0.15, -0.1) is 0 Å². The van der Waals surface area contributed by atoms with E-state index in [0.717, 1.165) is 12.4 Å². The van der Waals surface area contributed by atoms with E-state index in [1.54, 1.807) is 0 Å². The molecule has 16 heavy (non-hydrogen) atoms. The largest absolute Gasteiger partial charge is 0.366 e. The van der Waals surface area contributed by atoms with Gasteiger partial charge in [0.05, 0.1) is 0 Å². The normalized spacial score (nSPS) is 18.6. The van der Waals surface area contributed by atoms with Crippen molar-refractivity contribution in [3.63, 3.8) is 0 Å². The van der Waals surface area contributed by atoms with Gasteiger partial charge in [0.15, 0.2) is 0 Å². The third-order valence-corrected chi connectivity index (χ3v) is 3.12. The highest BCUT2D eigenvalue weighted by molar-refractivity contribution is 5.43. The number of aryl methyl sites for hydroxylation is 1. The van der Waals surface area contributed by atoms with Crippen molar-refractivity contribution < 1.29 is 0 Å². The Hall–Kier alpha value is -1.09. The van der Waals surface area contributed by atoms with E-state index < -0.39 is 0 Å². The van der Waals surface area contributed by atoms with Crippen LogP contribution in [0.2, 0.25) is 0 Å². The number of rotatable bonds is 4. The molecule has 1 fully saturated rings. The summed E-state index contributed by atoms with van der Waals surface area (Å²) in [5.74, 6) is 1.02. The molecule has 0 radical (unpaired) electrons. The van der Waals surface area contributed by atoms with Crippen molar-refractivity contribution >= 4 is 5.82 Å². The van der Waals surface area contributed by atoms with Crippen molar-refractivity contribution in [2.24, 2.45) is 0 Å². The van der Waals surface area contributed by atoms with Crippen LogP contribution in [-0.4, -0.2) is 35.6 Å². The van der Waals surface area contributed by atoms with E-state index in [2.05, 4.69) is 35.1 Å². The lowest BCUT2D eigenvalue weighted by Crippen LogP contribution is -2.33. The van der Waals surface area contributed by atoms with Gasteiger partial charge in [0.2, 0.25) is 0 Å². The van der Waals surface area contributed by atoms with Crippen molar-refractivity contribution in [2.45, 2.75) is 32.7 Å². The summed E-state index contributed by atoms with van der Waals surface area (Å²) in [6, 6.07) is 4.54. The molecule has 1 unspecified atom stereocenters. The highest BCUT2D eigenvalue weighted by Crippen LogP contribution is 2.13. The van der Waals surface area contributed by atoms with E-state index in [0.29, 0.717) is 6.04 Å². The van der Waals surface area contributed by atoms with E-state index in [4.69, 9.17) is 0 Å². The van der Waals surface area contributed by atoms with Gasteiger partial charge >= 0.3 is 0 Å². The van der Waals surface area contributed by atoms with Crippen LogP contribution in [0.1, 0.15) is 25.3 Å². The van der Waals surface area contributed by atoms with Gasteiger partial charge < -0.3 is 10.2 Å². The summed E-state index contributed by atoms with van der Waals surface area (Å²) in [6.45, 7) is 7.96. The Balaban J connectivity index is 1.86. The van der Waals surface area contributed by atoms with Crippen LogP contribution in [0.5, 0.6) is 0 Å². The first kappa shape index (κ1) is 11.4. The van der Waals surface area contributed by atoms with Crippen LogP contribution in [0.15, 0.2) is 18.3 Å². The van der Waals surface area contributed by atoms with E-state index in [1.165, 1.54) is 31.5 Å². The second kappa shape index (κ2) is 5.30. The highest BCUT2D eigenvalue weighted by atomic mass is 15.2. The molecule has 0 saturated carbocycles. The molecule has 1 saturated heterocycles. The Labute approximate surface area is 97.9 Å². The molecule has 3 nitrogen and oxygen atoms in total. The van der Waals surface area contributed by atoms with Crippen LogP contribution in [-0.2, 0) is 0 Å². The number of nitrogens with one attached hydrogen (secondary N) is 1. The van der Waals surface area contributed by atoms with E-state index in [1.807, 2.05) is 12.3 Å². The maximum absolute atomic E-state index is 4.36. The molecule has 1 aromatic heterocycles. The van der Waals surface area contributed by atoms with Crippen LogP contribution in [0, 0.1) is 6.92 Å². The number of aromatic nitrogens is 1. The number of hydrogen-bond acceptors (Lipinski definition) is 3. The van der Waals surface area contributed by atoms with E-state index >= 15 is 0 Å². The summed E-state index contributed by atoms with van der Waals surface area (Å²) in [6.07, 6.45) is 4.56. The minimum atomic E-state index is 0.465. The first-order valence-corrected chi connectivity index (χ1v) is 6.16. The fourth-order valence-corrected chi connectivity index (χ4v) is 2.27. The minimum absolute atomic E-state index is 0.465. The van der Waals surface area contributed by atoms with Gasteiger partial charge in [-0.1, -0.05) is 6.07 Å². The van der Waals surface area contributed by atoms with Crippen molar-refractivity contribution in [1.29, 1.82) is 0 Å². The SMILES string of the molecule is Cc1cccnc1NC(C)CN1CCCC1. The van der Waals surface area contributed by atoms with Gasteiger partial charge in [-0.2, -0.15) is 0 Å². The molecule has 1 N–H and O–H groups in total. The predicted octanol–water partition coefficient (Wildman–Crippen LogP) is 2.29. The first-order chi connectivity index (χ1) is 7.75. The fourth-order valence-electron chi connectivity index (χ4n) is 2.27. The Morgan fingerprint density at radius 2 is 2.19 bits per heavy atom. The second-order valence-corrected chi connectivity index (χ2v) is 4.72. The summed E-state index contributed by atoms with van der Waals surface area (Å²) in [4.78, 5) is 6.89. The van der Waals surface area contributed by atoms with Gasteiger partial charge in [-0.05, 0) is 51.4 Å². The molecular formula is C13H21N3. The average Bonchev–Trinajstić information content (AvgIpc) is 2.74. The lowest BCUT2D eigenvalue weighted by molar-refractivity contribution is 0.327. The third kappa shape index (κ3) is 2.95. The van der Waals surface area contributed by atoms with E-state index in [9.17, 15) is 0 Å². The van der Waals surface area contributed by atoms with Gasteiger partial charge in [0, 0.05) is 18.8 Å². The topological polar surface area (TPSA) is 28.2 Å². The Kier molecular flexibility index (Phi) is 3.78. The van der Waals surface area contributed by atoms with Crippen molar-refractivity contribution in [3.05, 3.63) is 23.9 Å². The molecule has 0 amide bonds. The maximum Gasteiger partial charge on any atom is 0.129 e. The number of hydrogen-bond donors (Lipinski definition) is 1. The minimum Gasteiger partial charge on any atom is -0.366 e. The van der Waals surface area contributed by atoms with Gasteiger partial charge in [-0.3, -0.25) is 0 Å². The van der Waals surface area contributed by atoms with E-state index in [-0.39, 0.29) is 0 Å². The number of nitrogens with zero attached hydrogens (tertiary/aromatic N) is 2. The summed E-state index contributed by atoms with van der Waals surface area (Å²) in [7, 11) is 0. The van der Waals surface area contributed by atoms with Gasteiger partial charge in [0.25, 0.3) is 0 Å².